The van der Waals surface area contributed by atoms with Crippen LogP contribution in [0.25, 0.3) is 0 Å². The Morgan fingerprint density at radius 2 is 2.19 bits per heavy atom. The number of nitrogens with zero attached hydrogens (tertiary/aromatic N) is 1. The summed E-state index contributed by atoms with van der Waals surface area (Å²) >= 11 is 7.19. The zero-order valence-corrected chi connectivity index (χ0v) is 13.7. The SMILES string of the molecule is Cc1csc(CCl)c1S(=O)(=O)N1CCc2ccc(F)cc21. The molecule has 0 atom stereocenters. The molecule has 0 fully saturated rings. The van der Waals surface area contributed by atoms with Gasteiger partial charge in [0.15, 0.2) is 0 Å². The first-order valence-corrected chi connectivity index (χ1v) is 9.24. The van der Waals surface area contributed by atoms with Crippen molar-refractivity contribution in [1.29, 1.82) is 0 Å². The molecule has 112 valence electrons. The van der Waals surface area contributed by atoms with E-state index in [-0.39, 0.29) is 10.8 Å². The molecule has 7 heteroatoms. The first-order chi connectivity index (χ1) is 9.95. The van der Waals surface area contributed by atoms with Gasteiger partial charge in [-0.05, 0) is 42.0 Å². The summed E-state index contributed by atoms with van der Waals surface area (Å²) < 4.78 is 40.6. The number of hydrogen-bond donors (Lipinski definition) is 0. The maximum atomic E-state index is 13.5. The third kappa shape index (κ3) is 2.35. The second-order valence-electron chi connectivity index (χ2n) is 4.90. The molecule has 3 nitrogen and oxygen atoms in total. The Balaban J connectivity index is 2.13. The van der Waals surface area contributed by atoms with Crippen molar-refractivity contribution in [3.63, 3.8) is 0 Å². The summed E-state index contributed by atoms with van der Waals surface area (Å²) in [6.45, 7) is 2.08. The number of fused-ring (bicyclic) bond motifs is 1. The largest absolute Gasteiger partial charge is 0.266 e. The first kappa shape index (κ1) is 14.8. The van der Waals surface area contributed by atoms with E-state index in [0.29, 0.717) is 29.1 Å². The molecule has 0 radical (unpaired) electrons. The van der Waals surface area contributed by atoms with Crippen molar-refractivity contribution in [1.82, 2.24) is 0 Å². The molecule has 0 saturated heterocycles. The van der Waals surface area contributed by atoms with Gasteiger partial charge < -0.3 is 0 Å². The van der Waals surface area contributed by atoms with Gasteiger partial charge in [0.05, 0.1) is 11.6 Å². The van der Waals surface area contributed by atoms with Crippen LogP contribution in [0.5, 0.6) is 0 Å². The highest BCUT2D eigenvalue weighted by Crippen LogP contribution is 2.37. The van der Waals surface area contributed by atoms with Crippen LogP contribution in [0.2, 0.25) is 0 Å². The van der Waals surface area contributed by atoms with Crippen LogP contribution in [0, 0.1) is 12.7 Å². The molecule has 1 aromatic carbocycles. The zero-order chi connectivity index (χ0) is 15.2. The molecule has 2 heterocycles. The van der Waals surface area contributed by atoms with Crippen molar-refractivity contribution in [3.05, 3.63) is 45.4 Å². The Morgan fingerprint density at radius 1 is 1.43 bits per heavy atom. The molecule has 2 aromatic rings. The summed E-state index contributed by atoms with van der Waals surface area (Å²) in [5, 5.41) is 1.78. The Hall–Kier alpha value is -1.11. The molecule has 1 aliphatic rings. The number of rotatable bonds is 3. The van der Waals surface area contributed by atoms with Gasteiger partial charge in [0.1, 0.15) is 10.7 Å². The highest BCUT2D eigenvalue weighted by atomic mass is 35.5. The van der Waals surface area contributed by atoms with Gasteiger partial charge in [0.2, 0.25) is 0 Å². The summed E-state index contributed by atoms with van der Waals surface area (Å²) in [5.74, 6) is -0.285. The average molecular weight is 346 g/mol. The minimum Gasteiger partial charge on any atom is -0.266 e. The summed E-state index contributed by atoms with van der Waals surface area (Å²) in [6.07, 6.45) is 0.592. The highest BCUT2D eigenvalue weighted by molar-refractivity contribution is 7.93. The van der Waals surface area contributed by atoms with Crippen LogP contribution in [0.15, 0.2) is 28.5 Å². The van der Waals surface area contributed by atoms with Gasteiger partial charge in [0, 0.05) is 11.4 Å². The molecule has 0 amide bonds. The lowest BCUT2D eigenvalue weighted by atomic mass is 10.2. The molecule has 0 aliphatic carbocycles. The minimum absolute atomic E-state index is 0.150. The van der Waals surface area contributed by atoms with E-state index in [4.69, 9.17) is 11.6 Å². The number of aryl methyl sites for hydroxylation is 1. The van der Waals surface area contributed by atoms with Gasteiger partial charge in [0.25, 0.3) is 10.0 Å². The highest BCUT2D eigenvalue weighted by Gasteiger charge is 2.34. The maximum Gasteiger partial charge on any atom is 0.265 e. The van der Waals surface area contributed by atoms with Gasteiger partial charge in [-0.3, -0.25) is 4.31 Å². The topological polar surface area (TPSA) is 37.4 Å². The smallest absolute Gasteiger partial charge is 0.265 e. The van der Waals surface area contributed by atoms with E-state index >= 15 is 0 Å². The number of benzene rings is 1. The van der Waals surface area contributed by atoms with Crippen molar-refractivity contribution >= 4 is 38.6 Å². The van der Waals surface area contributed by atoms with Gasteiger partial charge in [-0.2, -0.15) is 0 Å². The van der Waals surface area contributed by atoms with Crippen LogP contribution in [0.4, 0.5) is 10.1 Å². The van der Waals surface area contributed by atoms with Crippen LogP contribution in [-0.4, -0.2) is 15.0 Å². The third-order valence-electron chi connectivity index (χ3n) is 3.56. The normalized spacial score (nSPS) is 14.5. The van der Waals surface area contributed by atoms with Crippen molar-refractivity contribution in [2.75, 3.05) is 10.8 Å². The molecular weight excluding hydrogens is 333 g/mol. The lowest BCUT2D eigenvalue weighted by Gasteiger charge is -2.20. The number of anilines is 1. The monoisotopic (exact) mass is 345 g/mol. The van der Waals surface area contributed by atoms with Crippen LogP contribution < -0.4 is 4.31 Å². The number of alkyl halides is 1. The number of hydrogen-bond acceptors (Lipinski definition) is 3. The number of sulfonamides is 1. The zero-order valence-electron chi connectivity index (χ0n) is 11.3. The molecular formula is C14H13ClFNO2S2. The average Bonchev–Trinajstić information content (AvgIpc) is 3.01. The van der Waals surface area contributed by atoms with E-state index in [9.17, 15) is 12.8 Å². The summed E-state index contributed by atoms with van der Waals surface area (Å²) in [4.78, 5) is 0.888. The summed E-state index contributed by atoms with van der Waals surface area (Å²) in [6, 6.07) is 4.28. The fraction of sp³-hybridized carbons (Fsp3) is 0.286. The van der Waals surface area contributed by atoms with Gasteiger partial charge in [-0.25, -0.2) is 12.8 Å². The predicted octanol–water partition coefficient (Wildman–Crippen LogP) is 3.69. The lowest BCUT2D eigenvalue weighted by Crippen LogP contribution is -2.30. The van der Waals surface area contributed by atoms with Gasteiger partial charge in [-0.1, -0.05) is 6.07 Å². The van der Waals surface area contributed by atoms with E-state index in [1.165, 1.54) is 27.8 Å². The third-order valence-corrected chi connectivity index (χ3v) is 7.26. The number of halogens is 2. The second kappa shape index (κ2) is 5.26. The molecule has 1 aromatic heterocycles. The molecule has 21 heavy (non-hydrogen) atoms. The van der Waals surface area contributed by atoms with E-state index in [1.807, 2.05) is 0 Å². The Morgan fingerprint density at radius 3 is 2.90 bits per heavy atom. The Kier molecular flexibility index (Phi) is 3.71. The minimum atomic E-state index is -3.71. The van der Waals surface area contributed by atoms with Gasteiger partial charge >= 0.3 is 0 Å². The summed E-state index contributed by atoms with van der Waals surface area (Å²) in [7, 11) is -3.71. The van der Waals surface area contributed by atoms with E-state index in [0.717, 1.165) is 5.56 Å². The number of thiophene rings is 1. The maximum absolute atomic E-state index is 13.5. The van der Waals surface area contributed by atoms with Crippen molar-refractivity contribution in [2.45, 2.75) is 24.1 Å². The second-order valence-corrected chi connectivity index (χ2v) is 7.94. The Bertz CT molecular complexity index is 801. The fourth-order valence-electron chi connectivity index (χ4n) is 2.61. The molecule has 0 N–H and O–H groups in total. The molecule has 1 aliphatic heterocycles. The molecule has 3 rings (SSSR count). The van der Waals surface area contributed by atoms with Crippen LogP contribution >= 0.6 is 22.9 Å². The van der Waals surface area contributed by atoms with E-state index in [2.05, 4.69) is 0 Å². The summed E-state index contributed by atoms with van der Waals surface area (Å²) in [5.41, 5.74) is 1.96. The van der Waals surface area contributed by atoms with E-state index < -0.39 is 15.8 Å². The van der Waals surface area contributed by atoms with E-state index in [1.54, 1.807) is 18.4 Å². The van der Waals surface area contributed by atoms with Crippen molar-refractivity contribution in [3.8, 4) is 0 Å². The molecule has 0 saturated carbocycles. The fourth-order valence-corrected chi connectivity index (χ4v) is 6.12. The molecule has 0 spiro atoms. The van der Waals surface area contributed by atoms with Crippen LogP contribution in [0.3, 0.4) is 0 Å². The first-order valence-electron chi connectivity index (χ1n) is 6.39. The molecule has 0 unspecified atom stereocenters. The quantitative estimate of drug-likeness (QED) is 0.796. The van der Waals surface area contributed by atoms with Crippen LogP contribution in [0.1, 0.15) is 16.0 Å². The Labute approximate surface area is 132 Å². The van der Waals surface area contributed by atoms with Crippen LogP contribution in [-0.2, 0) is 22.3 Å². The molecule has 0 bridgehead atoms. The van der Waals surface area contributed by atoms with Crippen molar-refractivity contribution < 1.29 is 12.8 Å². The van der Waals surface area contributed by atoms with Crippen molar-refractivity contribution in [2.24, 2.45) is 0 Å². The lowest BCUT2D eigenvalue weighted by molar-refractivity contribution is 0.591. The standard InChI is InChI=1S/C14H13ClFNO2S2/c1-9-8-20-13(7-15)14(9)21(18,19)17-5-4-10-2-3-11(16)6-12(10)17/h2-3,6,8H,4-5,7H2,1H3. The van der Waals surface area contributed by atoms with Gasteiger partial charge in [-0.15, -0.1) is 22.9 Å². The predicted molar refractivity (Wildman–Crippen MR) is 83.2 cm³/mol.